The van der Waals surface area contributed by atoms with Crippen molar-refractivity contribution < 1.29 is 14.6 Å². The average molecular weight is 349 g/mol. The van der Waals surface area contributed by atoms with Gasteiger partial charge in [0.05, 0.1) is 25.8 Å². The minimum Gasteiger partial charge on any atom is -0.496 e. The summed E-state index contributed by atoms with van der Waals surface area (Å²) in [5, 5.41) is 15.2. The van der Waals surface area contributed by atoms with Crippen molar-refractivity contribution in [1.29, 1.82) is 0 Å². The van der Waals surface area contributed by atoms with E-state index in [-0.39, 0.29) is 12.6 Å². The van der Waals surface area contributed by atoms with Crippen LogP contribution >= 0.6 is 11.6 Å². The van der Waals surface area contributed by atoms with Crippen LogP contribution in [0.15, 0.2) is 48.5 Å². The number of carbonyl (C=O) groups is 1. The Morgan fingerprint density at radius 2 is 1.75 bits per heavy atom. The smallest absolute Gasteiger partial charge is 0.315 e. The summed E-state index contributed by atoms with van der Waals surface area (Å²) >= 11 is 6.33. The second-order valence-electron chi connectivity index (χ2n) is 5.40. The lowest BCUT2D eigenvalue weighted by molar-refractivity contribution is 0.218. The van der Waals surface area contributed by atoms with Gasteiger partial charge in [0, 0.05) is 10.6 Å². The van der Waals surface area contributed by atoms with Gasteiger partial charge in [-0.25, -0.2) is 4.79 Å². The number of aliphatic hydroxyl groups excluding tert-OH is 1. The van der Waals surface area contributed by atoms with Gasteiger partial charge in [0.2, 0.25) is 0 Å². The summed E-state index contributed by atoms with van der Waals surface area (Å²) in [6, 6.07) is 13.5. The van der Waals surface area contributed by atoms with Gasteiger partial charge in [-0.15, -0.1) is 0 Å². The number of rotatable bonds is 6. The van der Waals surface area contributed by atoms with Crippen LogP contribution in [0.1, 0.15) is 24.1 Å². The number of urea groups is 1. The first kappa shape index (κ1) is 18.1. The molecule has 0 saturated carbocycles. The maximum atomic E-state index is 12.3. The summed E-state index contributed by atoms with van der Waals surface area (Å²) in [7, 11) is 1.58. The number of benzene rings is 2. The molecule has 0 spiro atoms. The highest BCUT2D eigenvalue weighted by atomic mass is 35.5. The van der Waals surface area contributed by atoms with E-state index in [4.69, 9.17) is 21.4 Å². The number of aliphatic hydroxyl groups is 1. The number of ether oxygens (including phenoxy) is 1. The molecule has 2 aromatic carbocycles. The summed E-state index contributed by atoms with van der Waals surface area (Å²) < 4.78 is 5.42. The monoisotopic (exact) mass is 348 g/mol. The first-order valence-corrected chi connectivity index (χ1v) is 7.99. The summed E-state index contributed by atoms with van der Waals surface area (Å²) in [5.41, 5.74) is 1.55. The lowest BCUT2D eigenvalue weighted by atomic mass is 9.97. The predicted octanol–water partition coefficient (Wildman–Crippen LogP) is 3.12. The second kappa shape index (κ2) is 8.57. The maximum Gasteiger partial charge on any atom is 0.315 e. The van der Waals surface area contributed by atoms with Gasteiger partial charge in [0.25, 0.3) is 0 Å². The minimum atomic E-state index is -0.485. The van der Waals surface area contributed by atoms with E-state index in [0.29, 0.717) is 10.8 Å². The van der Waals surface area contributed by atoms with Crippen LogP contribution in [0.3, 0.4) is 0 Å². The number of nitrogens with one attached hydrogen (secondary N) is 2. The first-order chi connectivity index (χ1) is 11.6. The molecular formula is C18H21ClN2O3. The van der Waals surface area contributed by atoms with E-state index in [0.717, 1.165) is 11.1 Å². The van der Waals surface area contributed by atoms with Crippen molar-refractivity contribution in [3.05, 3.63) is 64.7 Å². The summed E-state index contributed by atoms with van der Waals surface area (Å²) in [5.74, 6) is 0.651. The Morgan fingerprint density at radius 3 is 2.38 bits per heavy atom. The third kappa shape index (κ3) is 4.40. The van der Waals surface area contributed by atoms with Crippen LogP contribution in [0.5, 0.6) is 5.75 Å². The average Bonchev–Trinajstić information content (AvgIpc) is 2.60. The predicted molar refractivity (Wildman–Crippen MR) is 94.5 cm³/mol. The number of para-hydroxylation sites is 1. The topological polar surface area (TPSA) is 70.6 Å². The van der Waals surface area contributed by atoms with Gasteiger partial charge >= 0.3 is 6.03 Å². The molecule has 3 N–H and O–H groups in total. The normalized spacial score (nSPS) is 13.0. The Labute approximate surface area is 146 Å². The van der Waals surface area contributed by atoms with E-state index in [1.54, 1.807) is 20.1 Å². The fourth-order valence-corrected chi connectivity index (χ4v) is 2.62. The zero-order chi connectivity index (χ0) is 17.5. The standard InChI is InChI=1S/C18H21ClN2O3/c1-12(11-22)20-18(23)21-17(13-7-3-5-9-15(13)19)14-8-4-6-10-16(14)24-2/h3-10,12,17,22H,11H2,1-2H3,(H2,20,21,23)/t12-,17+/m1/s1. The van der Waals surface area contributed by atoms with E-state index < -0.39 is 12.1 Å². The third-order valence-corrected chi connectivity index (χ3v) is 3.94. The highest BCUT2D eigenvalue weighted by Gasteiger charge is 2.22. The van der Waals surface area contributed by atoms with E-state index in [1.165, 1.54) is 0 Å². The maximum absolute atomic E-state index is 12.3. The van der Waals surface area contributed by atoms with Crippen LogP contribution in [0.2, 0.25) is 5.02 Å². The molecule has 0 heterocycles. The van der Waals surface area contributed by atoms with E-state index in [1.807, 2.05) is 42.5 Å². The van der Waals surface area contributed by atoms with Crippen molar-refractivity contribution >= 4 is 17.6 Å². The number of halogens is 1. The lowest BCUT2D eigenvalue weighted by Crippen LogP contribution is -2.44. The van der Waals surface area contributed by atoms with Crippen LogP contribution < -0.4 is 15.4 Å². The molecule has 0 radical (unpaired) electrons. The summed E-state index contributed by atoms with van der Waals surface area (Å²) in [6.45, 7) is 1.58. The summed E-state index contributed by atoms with van der Waals surface area (Å²) in [4.78, 5) is 12.3. The number of carbonyl (C=O) groups excluding carboxylic acids is 1. The van der Waals surface area contributed by atoms with E-state index in [9.17, 15) is 4.79 Å². The summed E-state index contributed by atoms with van der Waals surface area (Å²) in [6.07, 6.45) is 0. The van der Waals surface area contributed by atoms with Crippen molar-refractivity contribution in [1.82, 2.24) is 10.6 Å². The molecular weight excluding hydrogens is 328 g/mol. The highest BCUT2D eigenvalue weighted by Crippen LogP contribution is 2.33. The van der Waals surface area contributed by atoms with Gasteiger partial charge < -0.3 is 20.5 Å². The third-order valence-electron chi connectivity index (χ3n) is 3.59. The van der Waals surface area contributed by atoms with Crippen molar-refractivity contribution in [2.24, 2.45) is 0 Å². The Bertz CT molecular complexity index is 693. The van der Waals surface area contributed by atoms with Crippen molar-refractivity contribution in [3.63, 3.8) is 0 Å². The molecule has 0 aliphatic rings. The molecule has 128 valence electrons. The molecule has 0 saturated heterocycles. The van der Waals surface area contributed by atoms with Crippen molar-refractivity contribution in [3.8, 4) is 5.75 Å². The molecule has 2 amide bonds. The van der Waals surface area contributed by atoms with Gasteiger partial charge in [-0.2, -0.15) is 0 Å². The molecule has 0 unspecified atom stereocenters. The molecule has 0 aliphatic carbocycles. The van der Waals surface area contributed by atoms with Gasteiger partial charge in [0.1, 0.15) is 5.75 Å². The highest BCUT2D eigenvalue weighted by molar-refractivity contribution is 6.31. The molecule has 6 heteroatoms. The Hall–Kier alpha value is -2.24. The van der Waals surface area contributed by atoms with E-state index in [2.05, 4.69) is 10.6 Å². The van der Waals surface area contributed by atoms with Gasteiger partial charge in [-0.05, 0) is 24.6 Å². The van der Waals surface area contributed by atoms with Gasteiger partial charge in [-0.3, -0.25) is 0 Å². The van der Waals surface area contributed by atoms with Crippen LogP contribution in [0.4, 0.5) is 4.79 Å². The Morgan fingerprint density at radius 1 is 1.12 bits per heavy atom. The zero-order valence-corrected chi connectivity index (χ0v) is 14.4. The van der Waals surface area contributed by atoms with Gasteiger partial charge in [-0.1, -0.05) is 48.0 Å². The van der Waals surface area contributed by atoms with Crippen LogP contribution in [0, 0.1) is 0 Å². The molecule has 0 fully saturated rings. The fraction of sp³-hybridized carbons (Fsp3) is 0.278. The minimum absolute atomic E-state index is 0.140. The molecule has 2 atom stereocenters. The molecule has 24 heavy (non-hydrogen) atoms. The number of hydrogen-bond acceptors (Lipinski definition) is 3. The molecule has 0 aliphatic heterocycles. The molecule has 2 rings (SSSR count). The van der Waals surface area contributed by atoms with Crippen LogP contribution in [-0.4, -0.2) is 30.9 Å². The second-order valence-corrected chi connectivity index (χ2v) is 5.81. The zero-order valence-electron chi connectivity index (χ0n) is 13.6. The largest absolute Gasteiger partial charge is 0.496 e. The number of amides is 2. The first-order valence-electron chi connectivity index (χ1n) is 7.62. The lowest BCUT2D eigenvalue weighted by Gasteiger charge is -2.24. The Balaban J connectivity index is 2.39. The molecule has 2 aromatic rings. The molecule has 0 bridgehead atoms. The fourth-order valence-electron chi connectivity index (χ4n) is 2.38. The van der Waals surface area contributed by atoms with E-state index >= 15 is 0 Å². The number of methoxy groups -OCH3 is 1. The van der Waals surface area contributed by atoms with Gasteiger partial charge in [0.15, 0.2) is 0 Å². The molecule has 0 aromatic heterocycles. The van der Waals surface area contributed by atoms with Crippen LogP contribution in [-0.2, 0) is 0 Å². The Kier molecular flexibility index (Phi) is 6.46. The molecule has 5 nitrogen and oxygen atoms in total. The van der Waals surface area contributed by atoms with Crippen molar-refractivity contribution in [2.45, 2.75) is 19.0 Å². The number of hydrogen-bond donors (Lipinski definition) is 3. The SMILES string of the molecule is COc1ccccc1[C@@H](NC(=O)N[C@H](C)CO)c1ccccc1Cl. The quantitative estimate of drug-likeness (QED) is 0.751. The van der Waals surface area contributed by atoms with Crippen molar-refractivity contribution in [2.75, 3.05) is 13.7 Å². The van der Waals surface area contributed by atoms with Crippen LogP contribution in [0.25, 0.3) is 0 Å².